The first-order valence-corrected chi connectivity index (χ1v) is 21.3. The Balaban J connectivity index is 0.987. The first-order chi connectivity index (χ1) is 30.1. The number of hydrogen-bond acceptors (Lipinski definition) is 2. The highest BCUT2D eigenvalue weighted by Gasteiger charge is 2.34. The smallest absolute Gasteiger partial charge is 0.137 e. The molecule has 2 aliphatic carbocycles. The van der Waals surface area contributed by atoms with E-state index in [-0.39, 0.29) is 11.8 Å². The summed E-state index contributed by atoms with van der Waals surface area (Å²) in [5, 5.41) is 7.25. The van der Waals surface area contributed by atoms with E-state index >= 15 is 0 Å². The summed E-state index contributed by atoms with van der Waals surface area (Å²) < 4.78 is 6.43. The van der Waals surface area contributed by atoms with E-state index in [0.717, 1.165) is 39.0 Å². The molecule has 2 nitrogen and oxygen atoms in total. The van der Waals surface area contributed by atoms with Crippen molar-refractivity contribution in [3.05, 3.63) is 234 Å². The van der Waals surface area contributed by atoms with Crippen LogP contribution < -0.4 is 4.90 Å². The van der Waals surface area contributed by atoms with Gasteiger partial charge >= 0.3 is 0 Å². The lowest BCUT2D eigenvalue weighted by molar-refractivity contribution is 0.669. The van der Waals surface area contributed by atoms with Crippen LogP contribution in [0.1, 0.15) is 46.6 Å². The monoisotopic (exact) mass is 777 g/mol. The summed E-state index contributed by atoms with van der Waals surface area (Å²) in [4.78, 5) is 2.36. The summed E-state index contributed by atoms with van der Waals surface area (Å²) in [6, 6.07) is 76.2. The number of hydrogen-bond donors (Lipinski definition) is 0. The molecule has 61 heavy (non-hydrogen) atoms. The highest BCUT2D eigenvalue weighted by atomic mass is 16.3. The fraction of sp³-hybridized carbons (Fsp3) is 0.0508. The predicted molar refractivity (Wildman–Crippen MR) is 255 cm³/mol. The summed E-state index contributed by atoms with van der Waals surface area (Å²) in [6.07, 6.45) is 0. The SMILES string of the molecule is CC1c2ccccc2-c2cc([C@H]3c4ccccc4-c4cc5ccccc5cc43)cc(-c3ccc(N(c4ccc5ccccc5c4)c4ccc5c(c4)oc4ccccc45)cc3)c21. The Morgan fingerprint density at radius 2 is 0.967 bits per heavy atom. The normalized spacial score (nSPS) is 15.0. The molecule has 1 heterocycles. The van der Waals surface area contributed by atoms with Crippen LogP contribution in [0.3, 0.4) is 0 Å². The van der Waals surface area contributed by atoms with Crippen LogP contribution in [0.2, 0.25) is 0 Å². The molecule has 11 aromatic rings. The molecule has 13 rings (SSSR count). The van der Waals surface area contributed by atoms with Crippen LogP contribution in [0.25, 0.3) is 76.9 Å². The van der Waals surface area contributed by atoms with Crippen LogP contribution in [0.15, 0.2) is 211 Å². The van der Waals surface area contributed by atoms with Gasteiger partial charge in [-0.05, 0) is 149 Å². The van der Waals surface area contributed by atoms with E-state index in [1.807, 2.05) is 12.1 Å². The molecular weight excluding hydrogens is 739 g/mol. The van der Waals surface area contributed by atoms with Gasteiger partial charge < -0.3 is 9.32 Å². The van der Waals surface area contributed by atoms with Gasteiger partial charge in [0.25, 0.3) is 0 Å². The van der Waals surface area contributed by atoms with Crippen molar-refractivity contribution in [2.75, 3.05) is 4.90 Å². The van der Waals surface area contributed by atoms with E-state index < -0.39 is 0 Å². The summed E-state index contributed by atoms with van der Waals surface area (Å²) >= 11 is 0. The number of nitrogens with zero attached hydrogens (tertiary/aromatic N) is 1. The number of benzene rings is 10. The van der Waals surface area contributed by atoms with Gasteiger partial charge in [-0.1, -0.05) is 140 Å². The molecule has 1 aromatic heterocycles. The zero-order chi connectivity index (χ0) is 40.2. The van der Waals surface area contributed by atoms with E-state index in [9.17, 15) is 0 Å². The lowest BCUT2D eigenvalue weighted by Gasteiger charge is -2.26. The third-order valence-electron chi connectivity index (χ3n) is 13.5. The second kappa shape index (κ2) is 13.2. The zero-order valence-electron chi connectivity index (χ0n) is 33.6. The number of furan rings is 1. The first-order valence-electron chi connectivity index (χ1n) is 21.3. The van der Waals surface area contributed by atoms with Gasteiger partial charge in [-0.25, -0.2) is 0 Å². The molecule has 2 aliphatic rings. The Morgan fingerprint density at radius 3 is 1.79 bits per heavy atom. The zero-order valence-corrected chi connectivity index (χ0v) is 33.6. The van der Waals surface area contributed by atoms with Crippen molar-refractivity contribution in [3.63, 3.8) is 0 Å². The molecule has 0 amide bonds. The van der Waals surface area contributed by atoms with Gasteiger partial charge in [0.15, 0.2) is 0 Å². The van der Waals surface area contributed by atoms with Gasteiger partial charge in [0.2, 0.25) is 0 Å². The van der Waals surface area contributed by atoms with Crippen molar-refractivity contribution in [1.29, 1.82) is 0 Å². The first kappa shape index (κ1) is 34.2. The second-order valence-corrected chi connectivity index (χ2v) is 16.8. The summed E-state index contributed by atoms with van der Waals surface area (Å²) in [5.41, 5.74) is 19.8. The fourth-order valence-electron chi connectivity index (χ4n) is 10.7. The molecule has 286 valence electrons. The van der Waals surface area contributed by atoms with Gasteiger partial charge in [-0.15, -0.1) is 0 Å². The number of anilines is 3. The molecule has 0 saturated heterocycles. The van der Waals surface area contributed by atoms with Gasteiger partial charge in [0.05, 0.1) is 0 Å². The highest BCUT2D eigenvalue weighted by molar-refractivity contribution is 6.06. The van der Waals surface area contributed by atoms with Crippen molar-refractivity contribution < 1.29 is 4.42 Å². The summed E-state index contributed by atoms with van der Waals surface area (Å²) in [5.74, 6) is 0.394. The number of fused-ring (bicyclic) bond motifs is 11. The molecule has 0 saturated carbocycles. The minimum Gasteiger partial charge on any atom is -0.456 e. The van der Waals surface area contributed by atoms with E-state index in [4.69, 9.17) is 4.42 Å². The minimum absolute atomic E-state index is 0.124. The molecule has 0 spiro atoms. The maximum atomic E-state index is 6.43. The Labute approximate surface area is 354 Å². The maximum Gasteiger partial charge on any atom is 0.137 e. The molecule has 0 radical (unpaired) electrons. The number of rotatable bonds is 5. The van der Waals surface area contributed by atoms with Crippen LogP contribution in [-0.2, 0) is 0 Å². The van der Waals surface area contributed by atoms with Gasteiger partial charge in [0, 0.05) is 45.7 Å². The average molecular weight is 778 g/mol. The molecule has 2 atom stereocenters. The van der Waals surface area contributed by atoms with Crippen molar-refractivity contribution >= 4 is 60.5 Å². The van der Waals surface area contributed by atoms with Crippen LogP contribution >= 0.6 is 0 Å². The summed E-state index contributed by atoms with van der Waals surface area (Å²) in [6.45, 7) is 2.38. The highest BCUT2D eigenvalue weighted by Crippen LogP contribution is 2.54. The van der Waals surface area contributed by atoms with Crippen molar-refractivity contribution in [1.82, 2.24) is 0 Å². The van der Waals surface area contributed by atoms with Crippen LogP contribution in [0.4, 0.5) is 17.1 Å². The maximum absolute atomic E-state index is 6.43. The van der Waals surface area contributed by atoms with Crippen molar-refractivity contribution in [2.45, 2.75) is 18.8 Å². The lowest BCUT2D eigenvalue weighted by atomic mass is 9.82. The summed E-state index contributed by atoms with van der Waals surface area (Å²) in [7, 11) is 0. The topological polar surface area (TPSA) is 16.4 Å². The third-order valence-corrected chi connectivity index (χ3v) is 13.5. The minimum atomic E-state index is 0.124. The molecule has 0 N–H and O–H groups in total. The van der Waals surface area contributed by atoms with Gasteiger partial charge in [-0.2, -0.15) is 0 Å². The van der Waals surface area contributed by atoms with Crippen LogP contribution in [0, 0.1) is 0 Å². The molecule has 10 aromatic carbocycles. The average Bonchev–Trinajstić information content (AvgIpc) is 3.95. The van der Waals surface area contributed by atoms with E-state index in [0.29, 0.717) is 0 Å². The Bertz CT molecular complexity index is 3570. The Morgan fingerprint density at radius 1 is 0.377 bits per heavy atom. The van der Waals surface area contributed by atoms with Crippen LogP contribution in [-0.4, -0.2) is 0 Å². The van der Waals surface area contributed by atoms with Gasteiger partial charge in [-0.3, -0.25) is 0 Å². The van der Waals surface area contributed by atoms with Crippen LogP contribution in [0.5, 0.6) is 0 Å². The van der Waals surface area contributed by atoms with Gasteiger partial charge in [0.1, 0.15) is 11.2 Å². The molecular formula is C59H39NO. The predicted octanol–water partition coefficient (Wildman–Crippen LogP) is 16.3. The number of para-hydroxylation sites is 1. The Hall–Kier alpha value is -7.68. The standard InChI is InChI=1S/C59H39NO/c1-36-46-16-6-7-17-47(46)54-34-42(59-51-20-9-8-18-48(51)53-31-40-14-4-5-15-41(40)32-55(53)59)33-52(58(36)54)38-23-25-43(26-24-38)60(44-27-22-37-12-2-3-13-39(37)30-44)45-28-29-50-49-19-10-11-21-56(49)61-57(50)35-45/h2-36,59H,1H3/t36?,59-/m0/s1. The quantitative estimate of drug-likeness (QED) is 0.173. The largest absolute Gasteiger partial charge is 0.456 e. The van der Waals surface area contributed by atoms with Crippen molar-refractivity contribution in [3.8, 4) is 33.4 Å². The fourth-order valence-corrected chi connectivity index (χ4v) is 10.7. The third kappa shape index (κ3) is 5.22. The molecule has 0 bridgehead atoms. The molecule has 0 fully saturated rings. The van der Waals surface area contributed by atoms with Crippen molar-refractivity contribution in [2.24, 2.45) is 0 Å². The molecule has 0 aliphatic heterocycles. The second-order valence-electron chi connectivity index (χ2n) is 16.8. The lowest BCUT2D eigenvalue weighted by Crippen LogP contribution is -2.10. The van der Waals surface area contributed by atoms with E-state index in [1.54, 1.807) is 0 Å². The molecule has 2 heteroatoms. The molecule has 1 unspecified atom stereocenters. The van der Waals surface area contributed by atoms with E-state index in [1.165, 1.54) is 82.7 Å². The van der Waals surface area contributed by atoms with E-state index in [2.05, 4.69) is 206 Å². The Kier molecular flexibility index (Phi) is 7.38.